The Morgan fingerprint density at radius 1 is 1.20 bits per heavy atom. The smallest absolute Gasteiger partial charge is 0.283 e. The van der Waals surface area contributed by atoms with Crippen LogP contribution in [0.4, 0.5) is 0 Å². The van der Waals surface area contributed by atoms with Crippen LogP contribution in [-0.4, -0.2) is 56.3 Å². The Kier molecular flexibility index (Phi) is 4.33. The highest BCUT2D eigenvalue weighted by atomic mass is 16.5. The highest BCUT2D eigenvalue weighted by Crippen LogP contribution is 2.22. The summed E-state index contributed by atoms with van der Waals surface area (Å²) in [6, 6.07) is 3.72. The quantitative estimate of drug-likeness (QED) is 0.687. The van der Waals surface area contributed by atoms with Gasteiger partial charge < -0.3 is 13.4 Å². The molecule has 1 saturated heterocycles. The van der Waals surface area contributed by atoms with Gasteiger partial charge in [0.1, 0.15) is 0 Å². The Morgan fingerprint density at radius 2 is 2.04 bits per heavy atom. The lowest BCUT2D eigenvalue weighted by Gasteiger charge is -2.36. The predicted octanol–water partition coefficient (Wildman–Crippen LogP) is 1.90. The minimum atomic E-state index is 0.123. The third kappa shape index (κ3) is 3.47. The third-order valence-electron chi connectivity index (χ3n) is 4.41. The van der Waals surface area contributed by atoms with Crippen LogP contribution in [0, 0.1) is 6.92 Å². The standard InChI is InChI=1S/C16H20N6O3/c1-11(15-17-12(2)20-25-15)22-7-5-21(6-8-22)10-14-18-19-16(24-14)13-4-3-9-23-13/h3-4,9,11H,5-8,10H2,1-2H3. The van der Waals surface area contributed by atoms with E-state index in [1.165, 1.54) is 0 Å². The van der Waals surface area contributed by atoms with Crippen molar-refractivity contribution >= 4 is 0 Å². The van der Waals surface area contributed by atoms with E-state index in [2.05, 4.69) is 37.1 Å². The van der Waals surface area contributed by atoms with Gasteiger partial charge in [0, 0.05) is 26.2 Å². The highest BCUT2D eigenvalue weighted by molar-refractivity contribution is 5.42. The van der Waals surface area contributed by atoms with E-state index in [1.54, 1.807) is 18.4 Å². The van der Waals surface area contributed by atoms with Crippen LogP contribution >= 0.6 is 0 Å². The Hall–Kier alpha value is -2.52. The molecule has 1 aliphatic rings. The van der Waals surface area contributed by atoms with Crippen LogP contribution in [0.3, 0.4) is 0 Å². The number of aromatic nitrogens is 4. The summed E-state index contributed by atoms with van der Waals surface area (Å²) in [5.74, 6) is 2.95. The molecule has 1 unspecified atom stereocenters. The van der Waals surface area contributed by atoms with Gasteiger partial charge in [-0.1, -0.05) is 5.16 Å². The zero-order valence-corrected chi connectivity index (χ0v) is 14.3. The van der Waals surface area contributed by atoms with E-state index in [4.69, 9.17) is 13.4 Å². The fraction of sp³-hybridized carbons (Fsp3) is 0.500. The van der Waals surface area contributed by atoms with Crippen molar-refractivity contribution in [1.82, 2.24) is 30.1 Å². The zero-order valence-electron chi connectivity index (χ0n) is 14.3. The average Bonchev–Trinajstić information content (AvgIpc) is 3.36. The second kappa shape index (κ2) is 6.77. The van der Waals surface area contributed by atoms with Crippen molar-refractivity contribution in [2.75, 3.05) is 26.2 Å². The summed E-state index contributed by atoms with van der Waals surface area (Å²) in [4.78, 5) is 8.96. The lowest BCUT2D eigenvalue weighted by molar-refractivity contribution is 0.0799. The lowest BCUT2D eigenvalue weighted by Crippen LogP contribution is -2.46. The van der Waals surface area contributed by atoms with Crippen molar-refractivity contribution in [2.45, 2.75) is 26.4 Å². The van der Waals surface area contributed by atoms with Gasteiger partial charge in [-0.25, -0.2) is 0 Å². The van der Waals surface area contributed by atoms with E-state index in [-0.39, 0.29) is 6.04 Å². The van der Waals surface area contributed by atoms with E-state index in [0.29, 0.717) is 35.8 Å². The van der Waals surface area contributed by atoms with Crippen LogP contribution in [0.5, 0.6) is 0 Å². The fourth-order valence-electron chi connectivity index (χ4n) is 2.96. The first-order valence-electron chi connectivity index (χ1n) is 8.32. The number of hydrogen-bond donors (Lipinski definition) is 0. The summed E-state index contributed by atoms with van der Waals surface area (Å²) < 4.78 is 16.2. The molecule has 3 aromatic rings. The Balaban J connectivity index is 1.32. The molecular formula is C16H20N6O3. The molecule has 0 spiro atoms. The maximum Gasteiger partial charge on any atom is 0.283 e. The topological polar surface area (TPSA) is 97.5 Å². The van der Waals surface area contributed by atoms with Crippen molar-refractivity contribution < 1.29 is 13.4 Å². The fourth-order valence-corrected chi connectivity index (χ4v) is 2.96. The summed E-state index contributed by atoms with van der Waals surface area (Å²) in [6.45, 7) is 8.22. The first-order chi connectivity index (χ1) is 12.2. The molecule has 0 bridgehead atoms. The Bertz CT molecular complexity index is 804. The number of hydrogen-bond acceptors (Lipinski definition) is 9. The van der Waals surface area contributed by atoms with Crippen molar-refractivity contribution in [2.24, 2.45) is 0 Å². The van der Waals surface area contributed by atoms with E-state index in [1.807, 2.05) is 6.92 Å². The molecule has 132 valence electrons. The van der Waals surface area contributed by atoms with Gasteiger partial charge in [0.2, 0.25) is 11.8 Å². The number of nitrogens with zero attached hydrogens (tertiary/aromatic N) is 6. The molecule has 25 heavy (non-hydrogen) atoms. The average molecular weight is 344 g/mol. The molecule has 1 atom stereocenters. The van der Waals surface area contributed by atoms with Crippen LogP contribution in [0.2, 0.25) is 0 Å². The third-order valence-corrected chi connectivity index (χ3v) is 4.41. The molecule has 0 N–H and O–H groups in total. The van der Waals surface area contributed by atoms with Gasteiger partial charge in [-0.2, -0.15) is 4.98 Å². The number of furan rings is 1. The summed E-state index contributed by atoms with van der Waals surface area (Å²) in [6.07, 6.45) is 1.59. The Labute approximate surface area is 144 Å². The maximum atomic E-state index is 5.67. The first-order valence-corrected chi connectivity index (χ1v) is 8.32. The second-order valence-corrected chi connectivity index (χ2v) is 6.15. The summed E-state index contributed by atoms with van der Waals surface area (Å²) in [5.41, 5.74) is 0. The molecule has 0 aromatic carbocycles. The number of piperazine rings is 1. The molecule has 3 aromatic heterocycles. The van der Waals surface area contributed by atoms with Crippen molar-refractivity contribution in [3.8, 4) is 11.7 Å². The van der Waals surface area contributed by atoms with Gasteiger partial charge in [-0.15, -0.1) is 10.2 Å². The molecular weight excluding hydrogens is 324 g/mol. The monoisotopic (exact) mass is 344 g/mol. The summed E-state index contributed by atoms with van der Waals surface area (Å²) >= 11 is 0. The molecule has 1 fully saturated rings. The molecule has 0 radical (unpaired) electrons. The Morgan fingerprint density at radius 3 is 2.72 bits per heavy atom. The van der Waals surface area contributed by atoms with Crippen LogP contribution in [0.25, 0.3) is 11.7 Å². The minimum Gasteiger partial charge on any atom is -0.459 e. The largest absolute Gasteiger partial charge is 0.459 e. The second-order valence-electron chi connectivity index (χ2n) is 6.15. The summed E-state index contributed by atoms with van der Waals surface area (Å²) in [7, 11) is 0. The van der Waals surface area contributed by atoms with Crippen molar-refractivity contribution in [3.05, 3.63) is 36.0 Å². The molecule has 9 heteroatoms. The molecule has 1 aliphatic heterocycles. The van der Waals surface area contributed by atoms with Crippen LogP contribution < -0.4 is 0 Å². The van der Waals surface area contributed by atoms with Gasteiger partial charge in [-0.3, -0.25) is 9.80 Å². The van der Waals surface area contributed by atoms with Crippen molar-refractivity contribution in [3.63, 3.8) is 0 Å². The van der Waals surface area contributed by atoms with Gasteiger partial charge in [0.05, 0.1) is 18.8 Å². The molecule has 0 aliphatic carbocycles. The highest BCUT2D eigenvalue weighted by Gasteiger charge is 2.26. The zero-order chi connectivity index (χ0) is 17.2. The van der Waals surface area contributed by atoms with Gasteiger partial charge in [0.15, 0.2) is 11.6 Å². The molecule has 9 nitrogen and oxygen atoms in total. The van der Waals surface area contributed by atoms with Gasteiger partial charge in [-0.05, 0) is 26.0 Å². The molecule has 0 saturated carbocycles. The number of aryl methyl sites for hydroxylation is 1. The van der Waals surface area contributed by atoms with E-state index < -0.39 is 0 Å². The van der Waals surface area contributed by atoms with Crippen LogP contribution in [-0.2, 0) is 6.54 Å². The van der Waals surface area contributed by atoms with Gasteiger partial charge in [0.25, 0.3) is 5.89 Å². The van der Waals surface area contributed by atoms with E-state index in [9.17, 15) is 0 Å². The minimum absolute atomic E-state index is 0.123. The molecule has 4 heterocycles. The van der Waals surface area contributed by atoms with Crippen LogP contribution in [0.1, 0.15) is 30.6 Å². The van der Waals surface area contributed by atoms with Gasteiger partial charge >= 0.3 is 0 Å². The lowest BCUT2D eigenvalue weighted by atomic mass is 10.2. The molecule has 0 amide bonds. The summed E-state index contributed by atoms with van der Waals surface area (Å²) in [5, 5.41) is 12.0. The van der Waals surface area contributed by atoms with Crippen molar-refractivity contribution in [1.29, 1.82) is 0 Å². The normalized spacial score (nSPS) is 17.8. The van der Waals surface area contributed by atoms with E-state index in [0.717, 1.165) is 26.2 Å². The number of rotatable bonds is 5. The van der Waals surface area contributed by atoms with E-state index >= 15 is 0 Å². The maximum absolute atomic E-state index is 5.67. The van der Waals surface area contributed by atoms with Crippen LogP contribution in [0.15, 0.2) is 31.8 Å². The molecule has 4 rings (SSSR count). The first kappa shape index (κ1) is 16.0. The SMILES string of the molecule is Cc1noc(C(C)N2CCN(Cc3nnc(-c4ccco4)o3)CC2)n1. The predicted molar refractivity (Wildman–Crippen MR) is 86.3 cm³/mol.